The number of anilines is 1. The van der Waals surface area contributed by atoms with Gasteiger partial charge >= 0.3 is 0 Å². The van der Waals surface area contributed by atoms with E-state index < -0.39 is 15.1 Å². The molecule has 0 aliphatic rings. The van der Waals surface area contributed by atoms with Gasteiger partial charge < -0.3 is 5.32 Å². The number of sulfone groups is 1. The fourth-order valence-corrected chi connectivity index (χ4v) is 2.36. The maximum absolute atomic E-state index is 11.7. The molecule has 112 valence electrons. The first-order chi connectivity index (χ1) is 9.91. The van der Waals surface area contributed by atoms with Crippen molar-refractivity contribution < 1.29 is 8.42 Å². The molecule has 1 unspecified atom stereocenters. The average molecular weight is 305 g/mol. The highest BCUT2D eigenvalue weighted by molar-refractivity contribution is 7.90. The molecule has 0 aliphatic heterocycles. The van der Waals surface area contributed by atoms with Crippen molar-refractivity contribution in [2.45, 2.75) is 19.1 Å². The SMILES string of the molecule is CCNc1cc(-c2ccccc2)nc(C(C)S(C)(=O)=O)n1. The summed E-state index contributed by atoms with van der Waals surface area (Å²) in [6.07, 6.45) is 1.20. The molecule has 0 bridgehead atoms. The van der Waals surface area contributed by atoms with Crippen LogP contribution in [0.4, 0.5) is 5.82 Å². The lowest BCUT2D eigenvalue weighted by Gasteiger charge is -2.12. The smallest absolute Gasteiger partial charge is 0.157 e. The van der Waals surface area contributed by atoms with Crippen LogP contribution < -0.4 is 5.32 Å². The molecule has 6 heteroatoms. The van der Waals surface area contributed by atoms with E-state index in [0.29, 0.717) is 23.9 Å². The molecule has 1 aromatic carbocycles. The first-order valence-electron chi connectivity index (χ1n) is 6.79. The maximum atomic E-state index is 11.7. The molecule has 0 aliphatic carbocycles. The number of nitrogens with one attached hydrogen (secondary N) is 1. The monoisotopic (exact) mass is 305 g/mol. The van der Waals surface area contributed by atoms with Crippen molar-refractivity contribution in [1.82, 2.24) is 9.97 Å². The van der Waals surface area contributed by atoms with Gasteiger partial charge in [-0.3, -0.25) is 0 Å². The Morgan fingerprint density at radius 2 is 1.86 bits per heavy atom. The highest BCUT2D eigenvalue weighted by Crippen LogP contribution is 2.24. The topological polar surface area (TPSA) is 72.0 Å². The van der Waals surface area contributed by atoms with Gasteiger partial charge in [-0.15, -0.1) is 0 Å². The van der Waals surface area contributed by atoms with Crippen molar-refractivity contribution in [2.24, 2.45) is 0 Å². The van der Waals surface area contributed by atoms with E-state index in [1.165, 1.54) is 6.26 Å². The van der Waals surface area contributed by atoms with Gasteiger partial charge in [0.05, 0.1) is 5.69 Å². The van der Waals surface area contributed by atoms with E-state index in [1.807, 2.05) is 43.3 Å². The fourth-order valence-electron chi connectivity index (χ4n) is 1.87. The lowest BCUT2D eigenvalue weighted by molar-refractivity contribution is 0.589. The number of aromatic nitrogens is 2. The minimum absolute atomic E-state index is 0.315. The normalized spacial score (nSPS) is 12.9. The second-order valence-corrected chi connectivity index (χ2v) is 7.23. The summed E-state index contributed by atoms with van der Waals surface area (Å²) in [6.45, 7) is 4.27. The van der Waals surface area contributed by atoms with Gasteiger partial charge in [-0.2, -0.15) is 0 Å². The second-order valence-electron chi connectivity index (χ2n) is 4.86. The van der Waals surface area contributed by atoms with Crippen LogP contribution in [0.1, 0.15) is 24.9 Å². The van der Waals surface area contributed by atoms with Crippen molar-refractivity contribution in [1.29, 1.82) is 0 Å². The molecule has 0 saturated carbocycles. The highest BCUT2D eigenvalue weighted by Gasteiger charge is 2.21. The summed E-state index contributed by atoms with van der Waals surface area (Å²) >= 11 is 0. The van der Waals surface area contributed by atoms with E-state index in [9.17, 15) is 8.42 Å². The summed E-state index contributed by atoms with van der Waals surface area (Å²) < 4.78 is 23.5. The van der Waals surface area contributed by atoms with Crippen LogP contribution >= 0.6 is 0 Å². The van der Waals surface area contributed by atoms with Crippen molar-refractivity contribution >= 4 is 15.7 Å². The molecule has 0 fully saturated rings. The Bertz CT molecular complexity index is 715. The molecule has 21 heavy (non-hydrogen) atoms. The van der Waals surface area contributed by atoms with E-state index in [4.69, 9.17) is 0 Å². The Hall–Kier alpha value is -1.95. The summed E-state index contributed by atoms with van der Waals surface area (Å²) in [5, 5.41) is 2.38. The first-order valence-corrected chi connectivity index (χ1v) is 8.74. The molecule has 2 rings (SSSR count). The van der Waals surface area contributed by atoms with Crippen molar-refractivity contribution in [3.63, 3.8) is 0 Å². The van der Waals surface area contributed by atoms with E-state index in [-0.39, 0.29) is 0 Å². The molecule has 0 radical (unpaired) electrons. The molecule has 0 saturated heterocycles. The predicted octanol–water partition coefficient (Wildman–Crippen LogP) is 2.68. The number of rotatable bonds is 5. The number of hydrogen-bond donors (Lipinski definition) is 1. The minimum atomic E-state index is -3.24. The van der Waals surface area contributed by atoms with Gasteiger partial charge in [-0.05, 0) is 13.8 Å². The van der Waals surface area contributed by atoms with Crippen molar-refractivity contribution in [3.05, 3.63) is 42.2 Å². The van der Waals surface area contributed by atoms with Gasteiger partial charge in [0, 0.05) is 24.4 Å². The van der Waals surface area contributed by atoms with Crippen LogP contribution in [0.5, 0.6) is 0 Å². The van der Waals surface area contributed by atoms with Gasteiger partial charge in [0.15, 0.2) is 9.84 Å². The second kappa shape index (κ2) is 6.22. The van der Waals surface area contributed by atoms with E-state index in [2.05, 4.69) is 15.3 Å². The van der Waals surface area contributed by atoms with Crippen LogP contribution in [-0.2, 0) is 9.84 Å². The largest absolute Gasteiger partial charge is 0.370 e. The number of hydrogen-bond acceptors (Lipinski definition) is 5. The van der Waals surface area contributed by atoms with E-state index in [1.54, 1.807) is 6.92 Å². The molecular formula is C15H19N3O2S. The Morgan fingerprint density at radius 3 is 2.43 bits per heavy atom. The highest BCUT2D eigenvalue weighted by atomic mass is 32.2. The zero-order chi connectivity index (χ0) is 15.5. The number of nitrogens with zero attached hydrogens (tertiary/aromatic N) is 2. The molecule has 1 N–H and O–H groups in total. The van der Waals surface area contributed by atoms with Crippen LogP contribution in [0.25, 0.3) is 11.3 Å². The average Bonchev–Trinajstić information content (AvgIpc) is 2.46. The van der Waals surface area contributed by atoms with Gasteiger partial charge in [-0.1, -0.05) is 30.3 Å². The third kappa shape index (κ3) is 3.78. The molecule has 1 aromatic heterocycles. The third-order valence-electron chi connectivity index (χ3n) is 3.18. The van der Waals surface area contributed by atoms with Crippen LogP contribution in [0.2, 0.25) is 0 Å². The molecule has 0 spiro atoms. The van der Waals surface area contributed by atoms with Gasteiger partial charge in [0.1, 0.15) is 16.9 Å². The van der Waals surface area contributed by atoms with E-state index >= 15 is 0 Å². The Balaban J connectivity index is 2.54. The van der Waals surface area contributed by atoms with Crippen LogP contribution in [0.15, 0.2) is 36.4 Å². The minimum Gasteiger partial charge on any atom is -0.370 e. The molecule has 5 nitrogen and oxygen atoms in total. The van der Waals surface area contributed by atoms with Gasteiger partial charge in [0.25, 0.3) is 0 Å². The van der Waals surface area contributed by atoms with Gasteiger partial charge in [0.2, 0.25) is 0 Å². The zero-order valence-electron chi connectivity index (χ0n) is 12.4. The van der Waals surface area contributed by atoms with Gasteiger partial charge in [-0.25, -0.2) is 18.4 Å². The molecular weight excluding hydrogens is 286 g/mol. The Kier molecular flexibility index (Phi) is 4.57. The Labute approximate surface area is 125 Å². The van der Waals surface area contributed by atoms with E-state index in [0.717, 1.165) is 5.56 Å². The third-order valence-corrected chi connectivity index (χ3v) is 4.67. The Morgan fingerprint density at radius 1 is 1.19 bits per heavy atom. The van der Waals surface area contributed by atoms with Crippen LogP contribution in [0, 0.1) is 0 Å². The number of benzene rings is 1. The standard InChI is InChI=1S/C15H19N3O2S/c1-4-16-14-10-13(12-8-6-5-7-9-12)17-15(18-14)11(2)21(3,19)20/h5-11H,4H2,1-3H3,(H,16,17,18). The molecule has 0 amide bonds. The zero-order valence-corrected chi connectivity index (χ0v) is 13.2. The van der Waals surface area contributed by atoms with Crippen molar-refractivity contribution in [3.8, 4) is 11.3 Å². The fraction of sp³-hybridized carbons (Fsp3) is 0.333. The summed E-state index contributed by atoms with van der Waals surface area (Å²) in [7, 11) is -3.24. The lowest BCUT2D eigenvalue weighted by atomic mass is 10.1. The maximum Gasteiger partial charge on any atom is 0.157 e. The summed E-state index contributed by atoms with van der Waals surface area (Å²) in [5.41, 5.74) is 1.65. The molecule has 1 atom stereocenters. The molecule has 2 aromatic rings. The summed E-state index contributed by atoms with van der Waals surface area (Å²) in [6, 6.07) is 11.5. The molecule has 1 heterocycles. The summed E-state index contributed by atoms with van der Waals surface area (Å²) in [5.74, 6) is 0.951. The van der Waals surface area contributed by atoms with Crippen LogP contribution in [-0.4, -0.2) is 31.2 Å². The summed E-state index contributed by atoms with van der Waals surface area (Å²) in [4.78, 5) is 8.74. The predicted molar refractivity (Wildman–Crippen MR) is 84.9 cm³/mol. The van der Waals surface area contributed by atoms with Crippen LogP contribution in [0.3, 0.4) is 0 Å². The first kappa shape index (κ1) is 15.4. The van der Waals surface area contributed by atoms with Crippen molar-refractivity contribution in [2.75, 3.05) is 18.1 Å². The lowest BCUT2D eigenvalue weighted by Crippen LogP contribution is -2.13. The quantitative estimate of drug-likeness (QED) is 0.919.